The molecule has 5 nitrogen and oxygen atoms in total. The van der Waals surface area contributed by atoms with Crippen molar-refractivity contribution in [1.82, 2.24) is 10.3 Å². The van der Waals surface area contributed by atoms with Crippen LogP contribution in [0.25, 0.3) is 0 Å². The van der Waals surface area contributed by atoms with Gasteiger partial charge in [0.25, 0.3) is 11.8 Å². The van der Waals surface area contributed by atoms with Crippen LogP contribution in [0.15, 0.2) is 66.7 Å². The first kappa shape index (κ1) is 19.3. The molecule has 0 aliphatic rings. The number of nitrogens with one attached hydrogen (secondary N) is 2. The van der Waals surface area contributed by atoms with E-state index in [1.165, 1.54) is 0 Å². The Morgan fingerprint density at radius 2 is 1.57 bits per heavy atom. The van der Waals surface area contributed by atoms with E-state index < -0.39 is 0 Å². The summed E-state index contributed by atoms with van der Waals surface area (Å²) in [5.41, 5.74) is 4.34. The van der Waals surface area contributed by atoms with Gasteiger partial charge in [-0.15, -0.1) is 0 Å². The summed E-state index contributed by atoms with van der Waals surface area (Å²) in [6.45, 7) is 4.40. The molecule has 0 radical (unpaired) electrons. The third-order valence-electron chi connectivity index (χ3n) is 4.40. The Morgan fingerprint density at radius 1 is 0.857 bits per heavy atom. The standard InChI is InChI=1S/C23H23N3O2/c1-16-11-12-17(2)21(15-16)26-23(28)20-10-6-9-19(25-20)22(27)24-14-13-18-7-4-3-5-8-18/h3-12,15H,13-14H2,1-2H3,(H,24,27)(H,26,28). The van der Waals surface area contributed by atoms with E-state index in [2.05, 4.69) is 15.6 Å². The van der Waals surface area contributed by atoms with Crippen LogP contribution in [0.3, 0.4) is 0 Å². The Balaban J connectivity index is 1.63. The molecular weight excluding hydrogens is 350 g/mol. The molecule has 2 amide bonds. The second-order valence-electron chi connectivity index (χ2n) is 6.67. The van der Waals surface area contributed by atoms with Gasteiger partial charge in [0.05, 0.1) is 0 Å². The second-order valence-corrected chi connectivity index (χ2v) is 6.67. The molecule has 0 unspecified atom stereocenters. The average molecular weight is 373 g/mol. The number of rotatable bonds is 6. The minimum atomic E-state index is -0.340. The number of carbonyl (C=O) groups is 2. The Labute approximate surface area is 164 Å². The first-order valence-electron chi connectivity index (χ1n) is 9.21. The van der Waals surface area contributed by atoms with E-state index in [1.807, 2.05) is 62.4 Å². The third-order valence-corrected chi connectivity index (χ3v) is 4.40. The Bertz CT molecular complexity index is 984. The Hall–Kier alpha value is -3.47. The number of aryl methyl sites for hydroxylation is 2. The van der Waals surface area contributed by atoms with Crippen molar-refractivity contribution >= 4 is 17.5 Å². The maximum Gasteiger partial charge on any atom is 0.274 e. The number of hydrogen-bond acceptors (Lipinski definition) is 3. The van der Waals surface area contributed by atoms with Crippen LogP contribution in [0.1, 0.15) is 37.7 Å². The second kappa shape index (κ2) is 8.95. The lowest BCUT2D eigenvalue weighted by atomic mass is 10.1. The number of anilines is 1. The summed E-state index contributed by atoms with van der Waals surface area (Å²) in [4.78, 5) is 29.1. The number of hydrogen-bond donors (Lipinski definition) is 2. The van der Waals surface area contributed by atoms with E-state index in [-0.39, 0.29) is 23.2 Å². The van der Waals surface area contributed by atoms with Crippen molar-refractivity contribution in [2.45, 2.75) is 20.3 Å². The number of amides is 2. The Kier molecular flexibility index (Phi) is 6.17. The van der Waals surface area contributed by atoms with E-state index >= 15 is 0 Å². The summed E-state index contributed by atoms with van der Waals surface area (Å²) in [5, 5.41) is 5.71. The number of pyridine rings is 1. The fourth-order valence-electron chi connectivity index (χ4n) is 2.80. The minimum Gasteiger partial charge on any atom is -0.350 e. The normalized spacial score (nSPS) is 10.4. The Morgan fingerprint density at radius 3 is 2.32 bits per heavy atom. The van der Waals surface area contributed by atoms with Gasteiger partial charge in [0.1, 0.15) is 11.4 Å². The molecule has 28 heavy (non-hydrogen) atoms. The van der Waals surface area contributed by atoms with Gasteiger partial charge in [-0.05, 0) is 55.2 Å². The largest absolute Gasteiger partial charge is 0.350 e. The van der Waals surface area contributed by atoms with Crippen molar-refractivity contribution in [2.24, 2.45) is 0 Å². The molecule has 0 saturated heterocycles. The molecule has 0 atom stereocenters. The van der Waals surface area contributed by atoms with Crippen LogP contribution in [-0.2, 0) is 6.42 Å². The predicted octanol–water partition coefficient (Wildman–Crippen LogP) is 3.92. The van der Waals surface area contributed by atoms with Crippen LogP contribution < -0.4 is 10.6 Å². The van der Waals surface area contributed by atoms with Gasteiger partial charge >= 0.3 is 0 Å². The van der Waals surface area contributed by atoms with E-state index in [0.717, 1.165) is 28.8 Å². The first-order chi connectivity index (χ1) is 13.5. The van der Waals surface area contributed by atoms with Crippen molar-refractivity contribution in [2.75, 3.05) is 11.9 Å². The van der Waals surface area contributed by atoms with Crippen LogP contribution in [-0.4, -0.2) is 23.3 Å². The van der Waals surface area contributed by atoms with Gasteiger partial charge in [-0.2, -0.15) is 0 Å². The van der Waals surface area contributed by atoms with E-state index in [1.54, 1.807) is 18.2 Å². The summed E-state index contributed by atoms with van der Waals surface area (Å²) >= 11 is 0. The summed E-state index contributed by atoms with van der Waals surface area (Å²) < 4.78 is 0. The topological polar surface area (TPSA) is 71.1 Å². The molecule has 142 valence electrons. The molecule has 0 bridgehead atoms. The highest BCUT2D eigenvalue weighted by molar-refractivity contribution is 6.04. The third kappa shape index (κ3) is 5.04. The van der Waals surface area contributed by atoms with Crippen molar-refractivity contribution in [3.63, 3.8) is 0 Å². The van der Waals surface area contributed by atoms with Gasteiger partial charge in [0.2, 0.25) is 0 Å². The molecule has 5 heteroatoms. The molecule has 0 aliphatic heterocycles. The van der Waals surface area contributed by atoms with E-state index in [0.29, 0.717) is 6.54 Å². The van der Waals surface area contributed by atoms with E-state index in [9.17, 15) is 9.59 Å². The molecule has 1 heterocycles. The number of aromatic nitrogens is 1. The summed E-state index contributed by atoms with van der Waals surface area (Å²) in [6.07, 6.45) is 0.736. The minimum absolute atomic E-state index is 0.205. The highest BCUT2D eigenvalue weighted by Crippen LogP contribution is 2.17. The molecule has 2 aromatic carbocycles. The molecule has 0 saturated carbocycles. The van der Waals surface area contributed by atoms with Crippen molar-refractivity contribution in [3.05, 3.63) is 94.8 Å². The quantitative estimate of drug-likeness (QED) is 0.688. The van der Waals surface area contributed by atoms with Crippen molar-refractivity contribution in [1.29, 1.82) is 0 Å². The molecular formula is C23H23N3O2. The molecule has 2 N–H and O–H groups in total. The summed E-state index contributed by atoms with van der Waals surface area (Å²) in [7, 11) is 0. The lowest BCUT2D eigenvalue weighted by Crippen LogP contribution is -2.27. The summed E-state index contributed by atoms with van der Waals surface area (Å²) in [6, 6.07) is 20.6. The maximum absolute atomic E-state index is 12.5. The fraction of sp³-hybridized carbons (Fsp3) is 0.174. The smallest absolute Gasteiger partial charge is 0.274 e. The maximum atomic E-state index is 12.5. The van der Waals surface area contributed by atoms with Gasteiger partial charge in [-0.3, -0.25) is 9.59 Å². The van der Waals surface area contributed by atoms with Crippen LogP contribution in [0.4, 0.5) is 5.69 Å². The van der Waals surface area contributed by atoms with Gasteiger partial charge in [0.15, 0.2) is 0 Å². The molecule has 1 aromatic heterocycles. The molecule has 0 fully saturated rings. The molecule has 0 aliphatic carbocycles. The number of nitrogens with zero attached hydrogens (tertiary/aromatic N) is 1. The molecule has 0 spiro atoms. The number of benzene rings is 2. The lowest BCUT2D eigenvalue weighted by molar-refractivity contribution is 0.0949. The lowest BCUT2D eigenvalue weighted by Gasteiger charge is -2.10. The first-order valence-corrected chi connectivity index (χ1v) is 9.21. The van der Waals surface area contributed by atoms with Gasteiger partial charge in [-0.25, -0.2) is 4.98 Å². The van der Waals surface area contributed by atoms with Crippen molar-refractivity contribution in [3.8, 4) is 0 Å². The highest BCUT2D eigenvalue weighted by atomic mass is 16.2. The zero-order valence-electron chi connectivity index (χ0n) is 16.0. The average Bonchev–Trinajstić information content (AvgIpc) is 2.71. The van der Waals surface area contributed by atoms with Crippen LogP contribution >= 0.6 is 0 Å². The van der Waals surface area contributed by atoms with Gasteiger partial charge < -0.3 is 10.6 Å². The zero-order chi connectivity index (χ0) is 19.9. The fourth-order valence-corrected chi connectivity index (χ4v) is 2.80. The SMILES string of the molecule is Cc1ccc(C)c(NC(=O)c2cccc(C(=O)NCCc3ccccc3)n2)c1. The molecule has 3 rings (SSSR count). The monoisotopic (exact) mass is 373 g/mol. The summed E-state index contributed by atoms with van der Waals surface area (Å²) in [5.74, 6) is -0.634. The predicted molar refractivity (Wildman–Crippen MR) is 111 cm³/mol. The van der Waals surface area contributed by atoms with Gasteiger partial charge in [0, 0.05) is 12.2 Å². The zero-order valence-corrected chi connectivity index (χ0v) is 16.0. The number of carbonyl (C=O) groups excluding carboxylic acids is 2. The molecule has 3 aromatic rings. The van der Waals surface area contributed by atoms with Gasteiger partial charge in [-0.1, -0.05) is 48.5 Å². The van der Waals surface area contributed by atoms with E-state index in [4.69, 9.17) is 0 Å². The van der Waals surface area contributed by atoms with Crippen LogP contribution in [0, 0.1) is 13.8 Å². The van der Waals surface area contributed by atoms with Crippen LogP contribution in [0.2, 0.25) is 0 Å². The van der Waals surface area contributed by atoms with Crippen LogP contribution in [0.5, 0.6) is 0 Å². The highest BCUT2D eigenvalue weighted by Gasteiger charge is 2.13. The van der Waals surface area contributed by atoms with Crippen molar-refractivity contribution < 1.29 is 9.59 Å².